The van der Waals surface area contributed by atoms with Crippen LogP contribution in [0.2, 0.25) is 0 Å². The number of hydrogen-bond acceptors (Lipinski definition) is 6. The summed E-state index contributed by atoms with van der Waals surface area (Å²) in [5, 5.41) is 11.0. The van der Waals surface area contributed by atoms with Crippen molar-refractivity contribution in [1.29, 1.82) is 0 Å². The van der Waals surface area contributed by atoms with E-state index in [1.165, 1.54) is 4.90 Å². The smallest absolute Gasteiger partial charge is 0.295 e. The summed E-state index contributed by atoms with van der Waals surface area (Å²) in [5.41, 5.74) is 0.430. The molecule has 7 nitrogen and oxygen atoms in total. The molecule has 2 heterocycles. The molecule has 1 N–H and O–H groups in total. The van der Waals surface area contributed by atoms with Crippen LogP contribution in [0, 0.1) is 6.92 Å². The molecule has 0 bridgehead atoms. The van der Waals surface area contributed by atoms with Gasteiger partial charge in [-0.2, -0.15) is 0 Å². The highest BCUT2D eigenvalue weighted by atomic mass is 16.5. The third kappa shape index (κ3) is 4.99. The highest BCUT2D eigenvalue weighted by Gasteiger charge is 2.47. The Hall–Kier alpha value is -3.06. The van der Waals surface area contributed by atoms with E-state index < -0.39 is 17.7 Å². The van der Waals surface area contributed by atoms with Crippen LogP contribution >= 0.6 is 0 Å². The van der Waals surface area contributed by atoms with Gasteiger partial charge in [-0.05, 0) is 63.6 Å². The molecule has 0 spiro atoms. The molecule has 1 atom stereocenters. The van der Waals surface area contributed by atoms with Gasteiger partial charge in [-0.15, -0.1) is 0 Å². The van der Waals surface area contributed by atoms with E-state index in [0.717, 1.165) is 6.42 Å². The molecule has 1 aromatic heterocycles. The minimum atomic E-state index is -0.819. The molecule has 1 saturated heterocycles. The summed E-state index contributed by atoms with van der Waals surface area (Å²) in [6, 6.07) is 9.45. The number of nitrogens with zero attached hydrogens (tertiary/aromatic N) is 1. The molecule has 1 unspecified atom stereocenters. The zero-order valence-corrected chi connectivity index (χ0v) is 18.4. The average Bonchev–Trinajstić information content (AvgIpc) is 3.28. The Balaban J connectivity index is 1.98. The largest absolute Gasteiger partial charge is 0.507 e. The fraction of sp³-hybridized carbons (Fsp3) is 0.417. The van der Waals surface area contributed by atoms with Gasteiger partial charge in [0.05, 0.1) is 24.9 Å². The zero-order valence-electron chi connectivity index (χ0n) is 18.4. The standard InChI is InChI=1S/C24H29NO6/c1-5-13-30-18-9-7-17(8-10-18)22(26)20-21(19-11-6-16(4)31-19)25(24(28)23(20)27)12-14-29-15(2)3/h6-11,15,21,26H,5,12-14H2,1-4H3/b22-20-. The van der Waals surface area contributed by atoms with Crippen LogP contribution in [0.15, 0.2) is 46.4 Å². The first kappa shape index (κ1) is 22.6. The lowest BCUT2D eigenvalue weighted by atomic mass is 9.99. The highest BCUT2D eigenvalue weighted by Crippen LogP contribution is 2.40. The number of Topliss-reactive ketones (excluding diaryl/α,β-unsaturated/α-hetero) is 1. The predicted molar refractivity (Wildman–Crippen MR) is 116 cm³/mol. The van der Waals surface area contributed by atoms with Crippen molar-refractivity contribution in [2.24, 2.45) is 0 Å². The number of benzene rings is 1. The van der Waals surface area contributed by atoms with Gasteiger partial charge in [0.25, 0.3) is 11.7 Å². The van der Waals surface area contributed by atoms with Gasteiger partial charge in [-0.3, -0.25) is 9.59 Å². The van der Waals surface area contributed by atoms with Gasteiger partial charge in [0.1, 0.15) is 29.1 Å². The number of amides is 1. The molecule has 7 heteroatoms. The summed E-state index contributed by atoms with van der Waals surface area (Å²) in [4.78, 5) is 27.1. The molecule has 1 fully saturated rings. The van der Waals surface area contributed by atoms with Crippen LogP contribution in [0.1, 0.15) is 50.3 Å². The number of aliphatic hydroxyl groups is 1. The summed E-state index contributed by atoms with van der Waals surface area (Å²) < 4.78 is 16.9. The Bertz CT molecular complexity index is 957. The third-order valence-corrected chi connectivity index (χ3v) is 4.95. The maximum Gasteiger partial charge on any atom is 0.295 e. The first-order valence-electron chi connectivity index (χ1n) is 10.5. The molecule has 0 radical (unpaired) electrons. The van der Waals surface area contributed by atoms with Crippen molar-refractivity contribution in [1.82, 2.24) is 4.90 Å². The zero-order chi connectivity index (χ0) is 22.5. The van der Waals surface area contributed by atoms with Gasteiger partial charge in [0.15, 0.2) is 0 Å². The Labute approximate surface area is 182 Å². The van der Waals surface area contributed by atoms with Crippen molar-refractivity contribution in [3.8, 4) is 5.75 Å². The topological polar surface area (TPSA) is 89.2 Å². The summed E-state index contributed by atoms with van der Waals surface area (Å²) >= 11 is 0. The van der Waals surface area contributed by atoms with Crippen LogP contribution in [0.25, 0.3) is 5.76 Å². The van der Waals surface area contributed by atoms with Crippen molar-refractivity contribution in [3.05, 3.63) is 59.1 Å². The lowest BCUT2D eigenvalue weighted by molar-refractivity contribution is -0.140. The van der Waals surface area contributed by atoms with E-state index in [-0.39, 0.29) is 30.6 Å². The molecule has 2 aromatic rings. The fourth-order valence-corrected chi connectivity index (χ4v) is 3.48. The average molecular weight is 427 g/mol. The van der Waals surface area contributed by atoms with E-state index >= 15 is 0 Å². The third-order valence-electron chi connectivity index (χ3n) is 4.95. The first-order chi connectivity index (χ1) is 14.8. The molecule has 1 aromatic carbocycles. The Morgan fingerprint density at radius 3 is 2.42 bits per heavy atom. The van der Waals surface area contributed by atoms with Crippen molar-refractivity contribution in [2.75, 3.05) is 19.8 Å². The normalized spacial score (nSPS) is 18.2. The molecule has 1 amide bonds. The maximum atomic E-state index is 12.9. The number of hydrogen-bond donors (Lipinski definition) is 1. The Morgan fingerprint density at radius 1 is 1.13 bits per heavy atom. The van der Waals surface area contributed by atoms with Crippen LogP contribution in [-0.4, -0.2) is 47.6 Å². The van der Waals surface area contributed by atoms with Crippen LogP contribution in [0.4, 0.5) is 0 Å². The second kappa shape index (κ2) is 9.83. The fourth-order valence-electron chi connectivity index (χ4n) is 3.48. The van der Waals surface area contributed by atoms with Crippen molar-refractivity contribution in [3.63, 3.8) is 0 Å². The number of ketones is 1. The predicted octanol–water partition coefficient (Wildman–Crippen LogP) is 4.22. The van der Waals surface area contributed by atoms with Crippen molar-refractivity contribution in [2.45, 2.75) is 46.3 Å². The van der Waals surface area contributed by atoms with Gasteiger partial charge in [0, 0.05) is 12.1 Å². The Kier molecular flexibility index (Phi) is 7.17. The van der Waals surface area contributed by atoms with Gasteiger partial charge in [-0.25, -0.2) is 0 Å². The summed E-state index contributed by atoms with van der Waals surface area (Å²) in [7, 11) is 0. The van der Waals surface area contributed by atoms with Gasteiger partial charge < -0.3 is 23.9 Å². The number of carbonyl (C=O) groups is 2. The lowest BCUT2D eigenvalue weighted by Crippen LogP contribution is -2.33. The van der Waals surface area contributed by atoms with E-state index in [1.807, 2.05) is 20.8 Å². The van der Waals surface area contributed by atoms with E-state index in [4.69, 9.17) is 13.9 Å². The number of furan rings is 1. The lowest BCUT2D eigenvalue weighted by Gasteiger charge is -2.23. The summed E-state index contributed by atoms with van der Waals surface area (Å²) in [6.07, 6.45) is 0.878. The van der Waals surface area contributed by atoms with Crippen LogP contribution in [0.5, 0.6) is 5.75 Å². The van der Waals surface area contributed by atoms with Crippen molar-refractivity contribution < 1.29 is 28.6 Å². The maximum absolute atomic E-state index is 12.9. The highest BCUT2D eigenvalue weighted by molar-refractivity contribution is 6.46. The Morgan fingerprint density at radius 2 is 1.84 bits per heavy atom. The van der Waals surface area contributed by atoms with Gasteiger partial charge >= 0.3 is 0 Å². The molecule has 1 aliphatic rings. The van der Waals surface area contributed by atoms with Crippen LogP contribution in [-0.2, 0) is 14.3 Å². The number of likely N-dealkylation sites (tertiary alicyclic amines) is 1. The van der Waals surface area contributed by atoms with Crippen LogP contribution < -0.4 is 4.74 Å². The summed E-state index contributed by atoms with van der Waals surface area (Å²) in [6.45, 7) is 8.66. The monoisotopic (exact) mass is 427 g/mol. The number of carbonyl (C=O) groups excluding carboxylic acids is 2. The van der Waals surface area contributed by atoms with E-state index in [0.29, 0.717) is 29.4 Å². The first-order valence-corrected chi connectivity index (χ1v) is 10.5. The molecule has 0 aliphatic carbocycles. The molecule has 0 saturated carbocycles. The molecule has 31 heavy (non-hydrogen) atoms. The van der Waals surface area contributed by atoms with Gasteiger partial charge in [0.2, 0.25) is 0 Å². The van der Waals surface area contributed by atoms with E-state index in [9.17, 15) is 14.7 Å². The van der Waals surface area contributed by atoms with Crippen LogP contribution in [0.3, 0.4) is 0 Å². The number of aryl methyl sites for hydroxylation is 1. The number of ether oxygens (including phenoxy) is 2. The quantitative estimate of drug-likeness (QED) is 0.366. The molecular formula is C24H29NO6. The minimum Gasteiger partial charge on any atom is -0.507 e. The molecule has 166 valence electrons. The molecule has 1 aliphatic heterocycles. The number of rotatable bonds is 9. The van der Waals surface area contributed by atoms with Crippen molar-refractivity contribution >= 4 is 17.4 Å². The summed E-state index contributed by atoms with van der Waals surface area (Å²) in [5.74, 6) is 0.0695. The second-order valence-corrected chi connectivity index (χ2v) is 7.73. The molecule has 3 rings (SSSR count). The SMILES string of the molecule is CCCOc1ccc(/C(O)=C2/C(=O)C(=O)N(CCOC(C)C)C2c2ccc(C)o2)cc1. The van der Waals surface area contributed by atoms with E-state index in [2.05, 4.69) is 0 Å². The minimum absolute atomic E-state index is 0.00503. The van der Waals surface area contributed by atoms with E-state index in [1.54, 1.807) is 43.3 Å². The van der Waals surface area contributed by atoms with Gasteiger partial charge in [-0.1, -0.05) is 6.92 Å². The number of aliphatic hydroxyl groups excluding tert-OH is 1. The second-order valence-electron chi connectivity index (χ2n) is 7.73. The molecular weight excluding hydrogens is 398 g/mol.